The van der Waals surface area contributed by atoms with Crippen molar-refractivity contribution in [2.45, 2.75) is 12.5 Å². The number of aromatic nitrogens is 1. The molecule has 3 aromatic carbocycles. The van der Waals surface area contributed by atoms with Gasteiger partial charge in [-0.25, -0.2) is 0 Å². The number of nitriles is 1. The average molecular weight is 401 g/mol. The lowest BCUT2D eigenvalue weighted by molar-refractivity contribution is 0.580. The predicted molar refractivity (Wildman–Crippen MR) is 124 cm³/mol. The van der Waals surface area contributed by atoms with Gasteiger partial charge in [0.25, 0.3) is 0 Å². The van der Waals surface area contributed by atoms with Crippen molar-refractivity contribution in [1.29, 1.82) is 5.26 Å². The molecule has 5 aromatic rings. The molecule has 6 rings (SSSR count). The molecule has 1 atom stereocenters. The second kappa shape index (κ2) is 7.09. The van der Waals surface area contributed by atoms with Gasteiger partial charge in [-0.1, -0.05) is 42.5 Å². The monoisotopic (exact) mass is 401 g/mol. The quantitative estimate of drug-likeness (QED) is 0.378. The Morgan fingerprint density at radius 1 is 0.935 bits per heavy atom. The van der Waals surface area contributed by atoms with E-state index >= 15 is 0 Å². The van der Waals surface area contributed by atoms with E-state index in [2.05, 4.69) is 71.0 Å². The number of hydrogen-bond donors (Lipinski definition) is 1. The first-order valence-electron chi connectivity index (χ1n) is 10.4. The summed E-state index contributed by atoms with van der Waals surface area (Å²) < 4.78 is 6.20. The van der Waals surface area contributed by atoms with Crippen molar-refractivity contribution in [3.8, 4) is 17.2 Å². The van der Waals surface area contributed by atoms with Gasteiger partial charge in [-0.2, -0.15) is 5.26 Å². The van der Waals surface area contributed by atoms with Crippen molar-refractivity contribution < 1.29 is 4.42 Å². The Balaban J connectivity index is 1.40. The van der Waals surface area contributed by atoms with Gasteiger partial charge in [-0.3, -0.25) is 4.98 Å². The van der Waals surface area contributed by atoms with Crippen molar-refractivity contribution in [3.63, 3.8) is 0 Å². The lowest BCUT2D eigenvalue weighted by atomic mass is 10.00. The van der Waals surface area contributed by atoms with Crippen molar-refractivity contribution in [3.05, 3.63) is 90.3 Å². The van der Waals surface area contributed by atoms with Crippen LogP contribution in [0, 0.1) is 11.3 Å². The molecule has 1 aliphatic heterocycles. The lowest BCUT2D eigenvalue weighted by Crippen LogP contribution is -2.26. The van der Waals surface area contributed by atoms with E-state index in [0.29, 0.717) is 0 Å². The molecule has 1 aliphatic rings. The van der Waals surface area contributed by atoms with Crippen LogP contribution in [0.2, 0.25) is 0 Å². The van der Waals surface area contributed by atoms with E-state index in [1.165, 1.54) is 10.8 Å². The smallest absolute Gasteiger partial charge is 0.136 e. The number of rotatable bonds is 2. The zero-order valence-electron chi connectivity index (χ0n) is 16.8. The summed E-state index contributed by atoms with van der Waals surface area (Å²) in [5, 5.41) is 17.3. The molecular weight excluding hydrogens is 382 g/mol. The van der Waals surface area contributed by atoms with Gasteiger partial charge in [0, 0.05) is 34.7 Å². The third-order valence-corrected chi connectivity index (χ3v) is 6.07. The fourth-order valence-corrected chi connectivity index (χ4v) is 4.47. The molecule has 148 valence electrons. The molecule has 0 amide bonds. The molecule has 1 N–H and O–H groups in total. The Morgan fingerprint density at radius 2 is 1.84 bits per heavy atom. The molecule has 31 heavy (non-hydrogen) atoms. The van der Waals surface area contributed by atoms with Crippen LogP contribution in [0.5, 0.6) is 0 Å². The molecule has 1 unspecified atom stereocenters. The summed E-state index contributed by atoms with van der Waals surface area (Å²) in [6, 6.07) is 25.3. The van der Waals surface area contributed by atoms with Crippen LogP contribution >= 0.6 is 0 Å². The van der Waals surface area contributed by atoms with E-state index < -0.39 is 0 Å². The second-order valence-electron chi connectivity index (χ2n) is 7.93. The van der Waals surface area contributed by atoms with Crippen LogP contribution in [-0.4, -0.2) is 11.5 Å². The maximum atomic E-state index is 9.17. The minimum Gasteiger partial charge on any atom is -0.456 e. The van der Waals surface area contributed by atoms with Crippen molar-refractivity contribution in [2.24, 2.45) is 0 Å². The van der Waals surface area contributed by atoms with Gasteiger partial charge in [0.2, 0.25) is 0 Å². The number of nitrogens with zero attached hydrogens (tertiary/aromatic N) is 2. The van der Waals surface area contributed by atoms with E-state index in [4.69, 9.17) is 4.42 Å². The zero-order chi connectivity index (χ0) is 20.8. The van der Waals surface area contributed by atoms with Crippen molar-refractivity contribution in [2.75, 3.05) is 6.54 Å². The summed E-state index contributed by atoms with van der Waals surface area (Å²) in [6.45, 7) is 0.797. The Hall–Kier alpha value is -3.94. The SMILES string of the molecule is N#CC1=CC(c2ccc(-c3ccc4c(c3)oc3ccc5ccccc5c34)cn2)NCC1. The average Bonchev–Trinajstić information content (AvgIpc) is 3.22. The number of hydrogen-bond acceptors (Lipinski definition) is 4. The van der Waals surface area contributed by atoms with E-state index in [-0.39, 0.29) is 6.04 Å². The van der Waals surface area contributed by atoms with Crippen LogP contribution in [0.4, 0.5) is 0 Å². The van der Waals surface area contributed by atoms with Gasteiger partial charge < -0.3 is 9.73 Å². The first-order chi connectivity index (χ1) is 15.3. The summed E-state index contributed by atoms with van der Waals surface area (Å²) >= 11 is 0. The number of furan rings is 1. The first-order valence-corrected chi connectivity index (χ1v) is 10.4. The highest BCUT2D eigenvalue weighted by Crippen LogP contribution is 2.36. The predicted octanol–water partition coefficient (Wildman–Crippen LogP) is 6.29. The number of nitrogens with one attached hydrogen (secondary N) is 1. The molecule has 0 spiro atoms. The Kier molecular flexibility index (Phi) is 4.09. The number of benzene rings is 3. The van der Waals surface area contributed by atoms with Gasteiger partial charge in [-0.05, 0) is 53.1 Å². The van der Waals surface area contributed by atoms with Crippen molar-refractivity contribution >= 4 is 32.7 Å². The Labute approximate surface area is 179 Å². The van der Waals surface area contributed by atoms with Gasteiger partial charge >= 0.3 is 0 Å². The van der Waals surface area contributed by atoms with Crippen LogP contribution in [0.3, 0.4) is 0 Å². The zero-order valence-corrected chi connectivity index (χ0v) is 16.8. The van der Waals surface area contributed by atoms with Gasteiger partial charge in [-0.15, -0.1) is 0 Å². The molecule has 0 bridgehead atoms. The standard InChI is InChI=1S/C27H19N3O/c28-15-17-11-12-29-24(13-17)23-9-6-20(16-30-23)19-5-8-22-26(14-19)31-25-10-7-18-3-1-2-4-21(18)27(22)25/h1-10,13-14,16,24,29H,11-12H2. The minimum absolute atomic E-state index is 0.0106. The first kappa shape index (κ1) is 17.9. The number of pyridine rings is 1. The highest BCUT2D eigenvalue weighted by molar-refractivity contribution is 6.19. The molecule has 0 radical (unpaired) electrons. The van der Waals surface area contributed by atoms with Crippen molar-refractivity contribution in [1.82, 2.24) is 10.3 Å². The maximum absolute atomic E-state index is 9.17. The highest BCUT2D eigenvalue weighted by atomic mass is 16.3. The van der Waals surface area contributed by atoms with E-state index in [9.17, 15) is 5.26 Å². The van der Waals surface area contributed by atoms with Gasteiger partial charge in [0.15, 0.2) is 0 Å². The molecule has 3 heterocycles. The molecule has 2 aromatic heterocycles. The summed E-state index contributed by atoms with van der Waals surface area (Å²) in [7, 11) is 0. The topological polar surface area (TPSA) is 61.9 Å². The Bertz CT molecular complexity index is 1520. The summed E-state index contributed by atoms with van der Waals surface area (Å²) in [5.41, 5.74) is 5.63. The van der Waals surface area contributed by atoms with Crippen LogP contribution in [0.1, 0.15) is 18.2 Å². The van der Waals surface area contributed by atoms with Crippen LogP contribution in [0.15, 0.2) is 89.0 Å². The summed E-state index contributed by atoms with van der Waals surface area (Å²) in [5.74, 6) is 0. The molecular formula is C27H19N3O. The number of fused-ring (bicyclic) bond motifs is 5. The maximum Gasteiger partial charge on any atom is 0.136 e. The second-order valence-corrected chi connectivity index (χ2v) is 7.93. The fourth-order valence-electron chi connectivity index (χ4n) is 4.47. The van der Waals surface area contributed by atoms with E-state index in [1.807, 2.05) is 24.4 Å². The minimum atomic E-state index is -0.0106. The summed E-state index contributed by atoms with van der Waals surface area (Å²) in [6.07, 6.45) is 4.64. The lowest BCUT2D eigenvalue weighted by Gasteiger charge is -2.19. The van der Waals surface area contributed by atoms with Gasteiger partial charge in [0.05, 0.1) is 17.8 Å². The van der Waals surface area contributed by atoms with Crippen LogP contribution < -0.4 is 5.32 Å². The van der Waals surface area contributed by atoms with Gasteiger partial charge in [0.1, 0.15) is 11.2 Å². The van der Waals surface area contributed by atoms with E-state index in [0.717, 1.165) is 57.3 Å². The van der Waals surface area contributed by atoms with Crippen LogP contribution in [-0.2, 0) is 0 Å². The third-order valence-electron chi connectivity index (χ3n) is 6.07. The summed E-state index contributed by atoms with van der Waals surface area (Å²) in [4.78, 5) is 4.66. The Morgan fingerprint density at radius 3 is 2.71 bits per heavy atom. The van der Waals surface area contributed by atoms with E-state index in [1.54, 1.807) is 0 Å². The molecule has 0 aliphatic carbocycles. The third kappa shape index (κ3) is 2.99. The molecule has 4 nitrogen and oxygen atoms in total. The normalized spacial score (nSPS) is 16.5. The van der Waals surface area contributed by atoms with Crippen LogP contribution in [0.25, 0.3) is 43.8 Å². The fraction of sp³-hybridized carbons (Fsp3) is 0.111. The largest absolute Gasteiger partial charge is 0.456 e. The molecule has 0 saturated carbocycles. The highest BCUT2D eigenvalue weighted by Gasteiger charge is 2.16. The molecule has 4 heteroatoms. The molecule has 0 fully saturated rings. The molecule has 0 saturated heterocycles.